The third-order valence-electron chi connectivity index (χ3n) is 4.06. The number of likely N-dealkylation sites (N-methyl/N-ethyl adjacent to an activating group) is 1. The van der Waals surface area contributed by atoms with Crippen LogP contribution in [0.4, 0.5) is 5.69 Å². The second-order valence-corrected chi connectivity index (χ2v) is 7.08. The van der Waals surface area contributed by atoms with Crippen molar-refractivity contribution in [3.8, 4) is 0 Å². The molecule has 112 valence electrons. The van der Waals surface area contributed by atoms with E-state index in [1.807, 2.05) is 0 Å². The average Bonchev–Trinajstić information content (AvgIpc) is 2.40. The minimum Gasteiger partial charge on any atom is -0.370 e. The highest BCUT2D eigenvalue weighted by atomic mass is 79.9. The zero-order valence-corrected chi connectivity index (χ0v) is 14.4. The van der Waals surface area contributed by atoms with Gasteiger partial charge in [-0.1, -0.05) is 22.0 Å². The van der Waals surface area contributed by atoms with Crippen molar-refractivity contribution in [2.24, 2.45) is 5.73 Å². The number of hydrogen-bond acceptors (Lipinski definition) is 3. The van der Waals surface area contributed by atoms with Crippen LogP contribution in [-0.2, 0) is 6.42 Å². The normalized spacial score (nSPS) is 21.3. The summed E-state index contributed by atoms with van der Waals surface area (Å²) < 4.78 is 1.15. The maximum absolute atomic E-state index is 6.00. The third kappa shape index (κ3) is 3.96. The van der Waals surface area contributed by atoms with E-state index in [0.29, 0.717) is 6.04 Å². The first-order valence-corrected chi connectivity index (χ1v) is 8.22. The highest BCUT2D eigenvalue weighted by molar-refractivity contribution is 9.10. The number of hydrogen-bond donors (Lipinski definition) is 1. The van der Waals surface area contributed by atoms with Crippen LogP contribution in [0.3, 0.4) is 0 Å². The maximum Gasteiger partial charge on any atom is 0.0411 e. The molecule has 0 amide bonds. The van der Waals surface area contributed by atoms with Gasteiger partial charge in [0, 0.05) is 35.3 Å². The Balaban J connectivity index is 2.23. The molecule has 1 aromatic carbocycles. The van der Waals surface area contributed by atoms with E-state index in [4.69, 9.17) is 5.73 Å². The van der Waals surface area contributed by atoms with Crippen LogP contribution in [0.1, 0.15) is 25.3 Å². The van der Waals surface area contributed by atoms with E-state index in [1.54, 1.807) is 0 Å². The molecule has 4 heteroatoms. The number of benzene rings is 1. The van der Waals surface area contributed by atoms with Crippen LogP contribution in [0.25, 0.3) is 0 Å². The molecule has 1 saturated heterocycles. The van der Waals surface area contributed by atoms with Crippen molar-refractivity contribution in [2.45, 2.75) is 38.3 Å². The van der Waals surface area contributed by atoms with Gasteiger partial charge in [0.15, 0.2) is 0 Å². The third-order valence-corrected chi connectivity index (χ3v) is 4.55. The Morgan fingerprint density at radius 1 is 1.45 bits per heavy atom. The largest absolute Gasteiger partial charge is 0.370 e. The molecule has 2 unspecified atom stereocenters. The predicted octanol–water partition coefficient (Wildman–Crippen LogP) is 2.87. The SMILES string of the molecule is CC(N)Cc1ccc(Br)cc1N1CCCC(N(C)C)C1. The highest BCUT2D eigenvalue weighted by Crippen LogP contribution is 2.29. The number of halogens is 1. The molecule has 0 aromatic heterocycles. The molecule has 0 spiro atoms. The monoisotopic (exact) mass is 339 g/mol. The lowest BCUT2D eigenvalue weighted by Gasteiger charge is -2.38. The molecule has 2 rings (SSSR count). The van der Waals surface area contributed by atoms with E-state index >= 15 is 0 Å². The maximum atomic E-state index is 6.00. The fourth-order valence-electron chi connectivity index (χ4n) is 2.95. The van der Waals surface area contributed by atoms with Gasteiger partial charge in [-0.3, -0.25) is 0 Å². The lowest BCUT2D eigenvalue weighted by molar-refractivity contribution is 0.258. The standard InChI is InChI=1S/C16H26BrN3/c1-12(18)9-13-6-7-14(17)10-16(13)20-8-4-5-15(11-20)19(2)3/h6-7,10,12,15H,4-5,8-9,11,18H2,1-3H3. The molecule has 2 atom stereocenters. The molecule has 3 nitrogen and oxygen atoms in total. The van der Waals surface area contributed by atoms with Gasteiger partial charge >= 0.3 is 0 Å². The van der Waals surface area contributed by atoms with Gasteiger partial charge in [-0.2, -0.15) is 0 Å². The Kier molecular flexibility index (Phi) is 5.47. The van der Waals surface area contributed by atoms with Gasteiger partial charge in [-0.15, -0.1) is 0 Å². The summed E-state index contributed by atoms with van der Waals surface area (Å²) in [6.45, 7) is 4.33. The molecule has 20 heavy (non-hydrogen) atoms. The average molecular weight is 340 g/mol. The van der Waals surface area contributed by atoms with E-state index in [1.165, 1.54) is 24.1 Å². The van der Waals surface area contributed by atoms with Crippen molar-refractivity contribution in [1.82, 2.24) is 4.90 Å². The molecule has 0 radical (unpaired) electrons. The van der Waals surface area contributed by atoms with Crippen LogP contribution in [0.15, 0.2) is 22.7 Å². The number of anilines is 1. The second-order valence-electron chi connectivity index (χ2n) is 6.16. The quantitative estimate of drug-likeness (QED) is 0.915. The predicted molar refractivity (Wildman–Crippen MR) is 90.4 cm³/mol. The Morgan fingerprint density at radius 2 is 2.20 bits per heavy atom. The lowest BCUT2D eigenvalue weighted by Crippen LogP contribution is -2.45. The van der Waals surface area contributed by atoms with E-state index < -0.39 is 0 Å². The molecule has 1 heterocycles. The topological polar surface area (TPSA) is 32.5 Å². The van der Waals surface area contributed by atoms with Gasteiger partial charge in [-0.05, 0) is 58.0 Å². The zero-order valence-electron chi connectivity index (χ0n) is 12.8. The summed E-state index contributed by atoms with van der Waals surface area (Å²) in [7, 11) is 4.36. The minimum atomic E-state index is 0.198. The van der Waals surface area contributed by atoms with Gasteiger partial charge < -0.3 is 15.5 Å². The van der Waals surface area contributed by atoms with E-state index in [-0.39, 0.29) is 6.04 Å². The van der Waals surface area contributed by atoms with Crippen molar-refractivity contribution in [2.75, 3.05) is 32.1 Å². The number of rotatable bonds is 4. The Hall–Kier alpha value is -0.580. The summed E-state index contributed by atoms with van der Waals surface area (Å²) >= 11 is 3.60. The van der Waals surface area contributed by atoms with Crippen LogP contribution >= 0.6 is 15.9 Å². The fraction of sp³-hybridized carbons (Fsp3) is 0.625. The summed E-state index contributed by atoms with van der Waals surface area (Å²) in [4.78, 5) is 4.87. The minimum absolute atomic E-state index is 0.198. The van der Waals surface area contributed by atoms with Crippen LogP contribution in [0.2, 0.25) is 0 Å². The van der Waals surface area contributed by atoms with E-state index in [0.717, 1.165) is 24.0 Å². The number of nitrogens with two attached hydrogens (primary N) is 1. The van der Waals surface area contributed by atoms with E-state index in [9.17, 15) is 0 Å². The van der Waals surface area contributed by atoms with Gasteiger partial charge in [0.1, 0.15) is 0 Å². The summed E-state index contributed by atoms with van der Waals surface area (Å²) in [6.07, 6.45) is 3.48. The van der Waals surface area contributed by atoms with Crippen molar-refractivity contribution >= 4 is 21.6 Å². The van der Waals surface area contributed by atoms with Crippen molar-refractivity contribution < 1.29 is 0 Å². The molecule has 0 bridgehead atoms. The van der Waals surface area contributed by atoms with Gasteiger partial charge in [0.2, 0.25) is 0 Å². The summed E-state index contributed by atoms with van der Waals surface area (Å²) in [5, 5.41) is 0. The molecule has 1 aliphatic rings. The Labute approximate surface area is 131 Å². The van der Waals surface area contributed by atoms with Crippen LogP contribution in [0, 0.1) is 0 Å². The molecule has 1 aliphatic heterocycles. The van der Waals surface area contributed by atoms with Crippen molar-refractivity contribution in [3.63, 3.8) is 0 Å². The first-order chi connectivity index (χ1) is 9.47. The zero-order chi connectivity index (χ0) is 14.7. The molecule has 0 aliphatic carbocycles. The van der Waals surface area contributed by atoms with Crippen molar-refractivity contribution in [3.05, 3.63) is 28.2 Å². The van der Waals surface area contributed by atoms with Gasteiger partial charge in [-0.25, -0.2) is 0 Å². The lowest BCUT2D eigenvalue weighted by atomic mass is 10.00. The summed E-state index contributed by atoms with van der Waals surface area (Å²) in [5.74, 6) is 0. The van der Waals surface area contributed by atoms with Crippen LogP contribution in [0.5, 0.6) is 0 Å². The molecule has 1 aromatic rings. The first-order valence-electron chi connectivity index (χ1n) is 7.42. The highest BCUT2D eigenvalue weighted by Gasteiger charge is 2.23. The van der Waals surface area contributed by atoms with E-state index in [2.05, 4.69) is 64.9 Å². The van der Waals surface area contributed by atoms with Crippen LogP contribution < -0.4 is 10.6 Å². The van der Waals surface area contributed by atoms with Crippen LogP contribution in [-0.4, -0.2) is 44.2 Å². The molecular weight excluding hydrogens is 314 g/mol. The summed E-state index contributed by atoms with van der Waals surface area (Å²) in [5.41, 5.74) is 8.71. The fourth-order valence-corrected chi connectivity index (χ4v) is 3.29. The summed E-state index contributed by atoms with van der Waals surface area (Å²) in [6, 6.07) is 7.42. The van der Waals surface area contributed by atoms with Gasteiger partial charge in [0.05, 0.1) is 0 Å². The Bertz CT molecular complexity index is 445. The molecular formula is C16H26BrN3. The second kappa shape index (κ2) is 6.92. The number of piperidine rings is 1. The Morgan fingerprint density at radius 3 is 2.85 bits per heavy atom. The first kappa shape index (κ1) is 15.8. The smallest absolute Gasteiger partial charge is 0.0411 e. The van der Waals surface area contributed by atoms with Gasteiger partial charge in [0.25, 0.3) is 0 Å². The number of nitrogens with zero attached hydrogens (tertiary/aromatic N) is 2. The van der Waals surface area contributed by atoms with Crippen molar-refractivity contribution in [1.29, 1.82) is 0 Å². The molecule has 1 fully saturated rings. The molecule has 0 saturated carbocycles. The molecule has 2 N–H and O–H groups in total.